The molecule has 0 aliphatic carbocycles. The van der Waals surface area contributed by atoms with E-state index in [9.17, 15) is 0 Å². The molecule has 2 unspecified atom stereocenters. The number of nitrogens with one attached hydrogen (secondary N) is 1. The Morgan fingerprint density at radius 2 is 2.15 bits per heavy atom. The summed E-state index contributed by atoms with van der Waals surface area (Å²) in [5.74, 6) is 0. The van der Waals surface area contributed by atoms with Crippen molar-refractivity contribution in [1.82, 2.24) is 10.2 Å². The SMILES string of the molecule is c1ccc2c(CNC3CCN4CCCC4C3)coc2c1. The standard InChI is InChI=1S/C17H22N2O/c1-2-6-17-16(5-1)13(12-20-17)11-18-14-7-9-19-8-3-4-15(19)10-14/h1-2,5-6,12,14-15,18H,3-4,7-11H2. The van der Waals surface area contributed by atoms with E-state index in [2.05, 4.69) is 22.3 Å². The van der Waals surface area contributed by atoms with Gasteiger partial charge in [-0.05, 0) is 44.8 Å². The molecule has 1 aromatic carbocycles. The normalized spacial score (nSPS) is 27.0. The van der Waals surface area contributed by atoms with Crippen molar-refractivity contribution in [2.45, 2.75) is 44.3 Å². The lowest BCUT2D eigenvalue weighted by Crippen LogP contribution is -2.45. The highest BCUT2D eigenvalue weighted by atomic mass is 16.3. The Bertz CT molecular complexity index is 591. The van der Waals surface area contributed by atoms with Crippen LogP contribution in [0.1, 0.15) is 31.2 Å². The summed E-state index contributed by atoms with van der Waals surface area (Å²) in [7, 11) is 0. The van der Waals surface area contributed by atoms with Gasteiger partial charge in [-0.25, -0.2) is 0 Å². The van der Waals surface area contributed by atoms with E-state index in [1.54, 1.807) is 0 Å². The summed E-state index contributed by atoms with van der Waals surface area (Å²) in [6.07, 6.45) is 7.29. The fraction of sp³-hybridized carbons (Fsp3) is 0.529. The van der Waals surface area contributed by atoms with Crippen LogP contribution in [0.2, 0.25) is 0 Å². The predicted octanol–water partition coefficient (Wildman–Crippen LogP) is 3.15. The minimum Gasteiger partial charge on any atom is -0.464 e. The third kappa shape index (κ3) is 2.25. The highest BCUT2D eigenvalue weighted by molar-refractivity contribution is 5.80. The quantitative estimate of drug-likeness (QED) is 0.928. The molecule has 1 N–H and O–H groups in total. The maximum absolute atomic E-state index is 5.61. The summed E-state index contributed by atoms with van der Waals surface area (Å²) in [5, 5.41) is 4.99. The van der Waals surface area contributed by atoms with Crippen molar-refractivity contribution in [3.8, 4) is 0 Å². The molecule has 4 rings (SSSR count). The monoisotopic (exact) mass is 270 g/mol. The highest BCUT2D eigenvalue weighted by Crippen LogP contribution is 2.27. The third-order valence-corrected chi connectivity index (χ3v) is 4.96. The van der Waals surface area contributed by atoms with Gasteiger partial charge in [0.25, 0.3) is 0 Å². The van der Waals surface area contributed by atoms with Crippen LogP contribution in [-0.4, -0.2) is 30.1 Å². The molecular formula is C17H22N2O. The van der Waals surface area contributed by atoms with Crippen LogP contribution in [0, 0.1) is 0 Å². The summed E-state index contributed by atoms with van der Waals surface area (Å²) in [6, 6.07) is 9.80. The third-order valence-electron chi connectivity index (χ3n) is 4.96. The molecule has 3 heteroatoms. The van der Waals surface area contributed by atoms with Crippen molar-refractivity contribution >= 4 is 11.0 Å². The van der Waals surface area contributed by atoms with Gasteiger partial charge in [0.05, 0.1) is 6.26 Å². The van der Waals surface area contributed by atoms with E-state index >= 15 is 0 Å². The van der Waals surface area contributed by atoms with Crippen molar-refractivity contribution in [3.63, 3.8) is 0 Å². The molecule has 2 aliphatic rings. The van der Waals surface area contributed by atoms with Gasteiger partial charge in [0, 0.05) is 29.6 Å². The topological polar surface area (TPSA) is 28.4 Å². The van der Waals surface area contributed by atoms with Gasteiger partial charge in [0.2, 0.25) is 0 Å². The highest BCUT2D eigenvalue weighted by Gasteiger charge is 2.31. The zero-order valence-electron chi connectivity index (χ0n) is 11.8. The Hall–Kier alpha value is -1.32. The van der Waals surface area contributed by atoms with Gasteiger partial charge in [-0.2, -0.15) is 0 Å². The maximum atomic E-state index is 5.61. The molecule has 0 spiro atoms. The smallest absolute Gasteiger partial charge is 0.134 e. The molecule has 2 aromatic rings. The molecule has 20 heavy (non-hydrogen) atoms. The first kappa shape index (κ1) is 12.4. The number of nitrogens with zero attached hydrogens (tertiary/aromatic N) is 1. The molecule has 2 saturated heterocycles. The summed E-state index contributed by atoms with van der Waals surface area (Å²) in [6.45, 7) is 3.52. The Balaban J connectivity index is 1.40. The van der Waals surface area contributed by atoms with Crippen LogP contribution in [0.15, 0.2) is 34.9 Å². The van der Waals surface area contributed by atoms with Crippen LogP contribution in [0.25, 0.3) is 11.0 Å². The molecule has 106 valence electrons. The van der Waals surface area contributed by atoms with Crippen LogP contribution in [0.3, 0.4) is 0 Å². The van der Waals surface area contributed by atoms with E-state index in [4.69, 9.17) is 4.42 Å². The molecule has 0 amide bonds. The number of hydrogen-bond donors (Lipinski definition) is 1. The van der Waals surface area contributed by atoms with Gasteiger partial charge in [-0.3, -0.25) is 0 Å². The lowest BCUT2D eigenvalue weighted by atomic mass is 9.97. The maximum Gasteiger partial charge on any atom is 0.134 e. The number of benzene rings is 1. The molecule has 2 atom stereocenters. The van der Waals surface area contributed by atoms with Crippen molar-refractivity contribution < 1.29 is 4.42 Å². The second-order valence-electron chi connectivity index (χ2n) is 6.19. The van der Waals surface area contributed by atoms with Crippen LogP contribution < -0.4 is 5.32 Å². The van der Waals surface area contributed by atoms with E-state index in [-0.39, 0.29) is 0 Å². The molecular weight excluding hydrogens is 248 g/mol. The van der Waals surface area contributed by atoms with Crippen LogP contribution in [0.5, 0.6) is 0 Å². The zero-order chi connectivity index (χ0) is 13.4. The van der Waals surface area contributed by atoms with Crippen LogP contribution in [0.4, 0.5) is 0 Å². The number of fused-ring (bicyclic) bond motifs is 2. The summed E-state index contributed by atoms with van der Waals surface area (Å²) in [5.41, 5.74) is 2.28. The Labute approximate surface area is 119 Å². The summed E-state index contributed by atoms with van der Waals surface area (Å²) >= 11 is 0. The summed E-state index contributed by atoms with van der Waals surface area (Å²) in [4.78, 5) is 2.67. The van der Waals surface area contributed by atoms with Gasteiger partial charge in [-0.1, -0.05) is 18.2 Å². The fourth-order valence-electron chi connectivity index (χ4n) is 3.83. The van der Waals surface area contributed by atoms with Crippen molar-refractivity contribution in [1.29, 1.82) is 0 Å². The van der Waals surface area contributed by atoms with Gasteiger partial charge in [0.15, 0.2) is 0 Å². The van der Waals surface area contributed by atoms with Gasteiger partial charge >= 0.3 is 0 Å². The second kappa shape index (κ2) is 5.23. The Morgan fingerprint density at radius 1 is 1.20 bits per heavy atom. The minimum atomic E-state index is 0.669. The van der Waals surface area contributed by atoms with Crippen molar-refractivity contribution in [2.75, 3.05) is 13.1 Å². The first-order chi connectivity index (χ1) is 9.90. The van der Waals surface area contributed by atoms with Gasteiger partial charge in [-0.15, -0.1) is 0 Å². The number of piperidine rings is 1. The first-order valence-electron chi connectivity index (χ1n) is 7.83. The lowest BCUT2D eigenvalue weighted by molar-refractivity contribution is 0.166. The van der Waals surface area contributed by atoms with E-state index < -0.39 is 0 Å². The largest absolute Gasteiger partial charge is 0.464 e. The van der Waals surface area contributed by atoms with E-state index in [1.807, 2.05) is 18.4 Å². The number of para-hydroxylation sites is 1. The van der Waals surface area contributed by atoms with Crippen molar-refractivity contribution in [3.05, 3.63) is 36.1 Å². The molecule has 3 heterocycles. The molecule has 2 aliphatic heterocycles. The average Bonchev–Trinajstić information content (AvgIpc) is 3.11. The Kier molecular flexibility index (Phi) is 3.25. The van der Waals surface area contributed by atoms with Crippen LogP contribution >= 0.6 is 0 Å². The average molecular weight is 270 g/mol. The summed E-state index contributed by atoms with van der Waals surface area (Å²) < 4.78 is 5.61. The molecule has 0 radical (unpaired) electrons. The number of hydrogen-bond acceptors (Lipinski definition) is 3. The molecule has 2 fully saturated rings. The number of rotatable bonds is 3. The van der Waals surface area contributed by atoms with E-state index in [0.29, 0.717) is 6.04 Å². The number of furan rings is 1. The molecule has 0 bridgehead atoms. The van der Waals surface area contributed by atoms with Gasteiger partial charge < -0.3 is 14.6 Å². The molecule has 3 nitrogen and oxygen atoms in total. The second-order valence-corrected chi connectivity index (χ2v) is 6.19. The zero-order valence-corrected chi connectivity index (χ0v) is 11.8. The van der Waals surface area contributed by atoms with Crippen molar-refractivity contribution in [2.24, 2.45) is 0 Å². The fourth-order valence-corrected chi connectivity index (χ4v) is 3.83. The Morgan fingerprint density at radius 3 is 3.15 bits per heavy atom. The lowest BCUT2D eigenvalue weighted by Gasteiger charge is -2.35. The van der Waals surface area contributed by atoms with E-state index in [0.717, 1.165) is 18.2 Å². The molecule has 0 saturated carbocycles. The minimum absolute atomic E-state index is 0.669. The predicted molar refractivity (Wildman–Crippen MR) is 80.7 cm³/mol. The van der Waals surface area contributed by atoms with Gasteiger partial charge in [0.1, 0.15) is 5.58 Å². The van der Waals surface area contributed by atoms with Crippen LogP contribution in [-0.2, 0) is 6.54 Å². The molecule has 1 aromatic heterocycles. The first-order valence-corrected chi connectivity index (χ1v) is 7.83. The van der Waals surface area contributed by atoms with E-state index in [1.165, 1.54) is 49.7 Å².